The van der Waals surface area contributed by atoms with Crippen LogP contribution in [0, 0.1) is 0 Å². The highest BCUT2D eigenvalue weighted by molar-refractivity contribution is 5.95. The topological polar surface area (TPSA) is 88.7 Å². The van der Waals surface area contributed by atoms with Crippen LogP contribution in [0.3, 0.4) is 0 Å². The van der Waals surface area contributed by atoms with E-state index in [9.17, 15) is 9.59 Å². The molecule has 1 aliphatic rings. The fourth-order valence-corrected chi connectivity index (χ4v) is 2.32. The van der Waals surface area contributed by atoms with Crippen LogP contribution in [0.25, 0.3) is 0 Å². The van der Waals surface area contributed by atoms with Crippen LogP contribution >= 0.6 is 0 Å². The second kappa shape index (κ2) is 8.38. The zero-order valence-electron chi connectivity index (χ0n) is 13.5. The van der Waals surface area contributed by atoms with Crippen molar-refractivity contribution in [2.75, 3.05) is 31.0 Å². The molecule has 0 unspecified atom stereocenters. The molecule has 0 spiro atoms. The second-order valence-corrected chi connectivity index (χ2v) is 5.30. The van der Waals surface area contributed by atoms with Crippen molar-refractivity contribution in [1.82, 2.24) is 5.32 Å². The first-order valence-electron chi connectivity index (χ1n) is 7.75. The Kier molecular flexibility index (Phi) is 6.22. The molecule has 3 N–H and O–H groups in total. The van der Waals surface area contributed by atoms with Gasteiger partial charge in [0.2, 0.25) is 5.91 Å². The van der Waals surface area contributed by atoms with E-state index in [1.807, 2.05) is 0 Å². The average molecular weight is 321 g/mol. The Labute approximate surface area is 135 Å². The molecule has 0 radical (unpaired) electrons. The van der Waals surface area contributed by atoms with Crippen molar-refractivity contribution in [1.29, 1.82) is 0 Å². The zero-order valence-corrected chi connectivity index (χ0v) is 13.5. The lowest BCUT2D eigenvalue weighted by Crippen LogP contribution is -2.41. The summed E-state index contributed by atoms with van der Waals surface area (Å²) in [6, 6.07) is 4.96. The van der Waals surface area contributed by atoms with E-state index in [1.54, 1.807) is 25.1 Å². The van der Waals surface area contributed by atoms with Crippen molar-refractivity contribution in [3.63, 3.8) is 0 Å². The highest BCUT2D eigenvalue weighted by Crippen LogP contribution is 2.28. The number of hydrogen-bond donors (Lipinski definition) is 3. The van der Waals surface area contributed by atoms with E-state index < -0.39 is 0 Å². The fourth-order valence-electron chi connectivity index (χ4n) is 2.32. The van der Waals surface area contributed by atoms with Gasteiger partial charge in [-0.05, 0) is 31.0 Å². The number of rotatable bonds is 5. The largest absolute Gasteiger partial charge is 0.495 e. The summed E-state index contributed by atoms with van der Waals surface area (Å²) >= 11 is 0. The van der Waals surface area contributed by atoms with Crippen LogP contribution in [-0.2, 0) is 9.53 Å². The number of carbonyl (C=O) groups is 2. The Morgan fingerprint density at radius 2 is 2.00 bits per heavy atom. The molecule has 1 aromatic carbocycles. The standard InChI is InChI=1S/C16H23N3O4/c1-3-15(20)19-13-10-12(4-5-14(13)22-2)18-16(21)17-11-6-8-23-9-7-11/h4-5,10-11H,3,6-9H2,1-2H3,(H,19,20)(H2,17,18,21). The van der Waals surface area contributed by atoms with Gasteiger partial charge in [0, 0.05) is 31.4 Å². The summed E-state index contributed by atoms with van der Waals surface area (Å²) in [5, 5.41) is 8.45. The minimum absolute atomic E-state index is 0.118. The molecule has 0 atom stereocenters. The number of amides is 3. The Hall–Kier alpha value is -2.28. The quantitative estimate of drug-likeness (QED) is 0.776. The predicted octanol–water partition coefficient (Wildman–Crippen LogP) is 2.34. The van der Waals surface area contributed by atoms with Crippen LogP contribution in [-0.4, -0.2) is 38.3 Å². The molecule has 0 aromatic heterocycles. The maximum atomic E-state index is 12.0. The summed E-state index contributed by atoms with van der Waals surface area (Å²) < 4.78 is 10.5. The van der Waals surface area contributed by atoms with E-state index in [0.717, 1.165) is 12.8 Å². The minimum atomic E-state index is -0.269. The summed E-state index contributed by atoms with van der Waals surface area (Å²) in [6.45, 7) is 3.10. The van der Waals surface area contributed by atoms with Crippen molar-refractivity contribution in [2.24, 2.45) is 0 Å². The molecule has 2 rings (SSSR count). The third kappa shape index (κ3) is 5.14. The molecule has 0 bridgehead atoms. The third-order valence-corrected chi connectivity index (χ3v) is 3.61. The van der Waals surface area contributed by atoms with E-state index in [1.165, 1.54) is 7.11 Å². The number of hydrogen-bond acceptors (Lipinski definition) is 4. The second-order valence-electron chi connectivity index (χ2n) is 5.30. The Morgan fingerprint density at radius 1 is 1.26 bits per heavy atom. The van der Waals surface area contributed by atoms with Crippen molar-refractivity contribution >= 4 is 23.3 Å². The smallest absolute Gasteiger partial charge is 0.319 e. The third-order valence-electron chi connectivity index (χ3n) is 3.61. The molecular formula is C16H23N3O4. The molecule has 1 aliphatic heterocycles. The van der Waals surface area contributed by atoms with Gasteiger partial charge in [-0.3, -0.25) is 4.79 Å². The van der Waals surface area contributed by atoms with Crippen molar-refractivity contribution in [2.45, 2.75) is 32.2 Å². The van der Waals surface area contributed by atoms with Crippen LogP contribution in [0.5, 0.6) is 5.75 Å². The van der Waals surface area contributed by atoms with Crippen molar-refractivity contribution in [3.8, 4) is 5.75 Å². The van der Waals surface area contributed by atoms with Gasteiger partial charge < -0.3 is 25.4 Å². The number of ether oxygens (including phenoxy) is 2. The molecule has 23 heavy (non-hydrogen) atoms. The molecule has 0 saturated carbocycles. The first kappa shape index (κ1) is 17.1. The molecule has 1 saturated heterocycles. The SMILES string of the molecule is CCC(=O)Nc1cc(NC(=O)NC2CCOCC2)ccc1OC. The summed E-state index contributed by atoms with van der Waals surface area (Å²) in [4.78, 5) is 23.6. The van der Waals surface area contributed by atoms with Gasteiger partial charge in [0.1, 0.15) is 5.75 Å². The maximum Gasteiger partial charge on any atom is 0.319 e. The van der Waals surface area contributed by atoms with E-state index >= 15 is 0 Å². The molecule has 1 heterocycles. The van der Waals surface area contributed by atoms with Gasteiger partial charge in [-0.1, -0.05) is 6.92 Å². The highest BCUT2D eigenvalue weighted by Gasteiger charge is 2.16. The molecule has 7 heteroatoms. The van der Waals surface area contributed by atoms with E-state index in [4.69, 9.17) is 9.47 Å². The number of urea groups is 1. The van der Waals surface area contributed by atoms with Gasteiger partial charge >= 0.3 is 6.03 Å². The van der Waals surface area contributed by atoms with Crippen molar-refractivity contribution < 1.29 is 19.1 Å². The lowest BCUT2D eigenvalue weighted by molar-refractivity contribution is -0.115. The van der Waals surface area contributed by atoms with Gasteiger partial charge in [-0.25, -0.2) is 4.79 Å². The predicted molar refractivity (Wildman–Crippen MR) is 87.9 cm³/mol. The normalized spacial score (nSPS) is 14.9. The van der Waals surface area contributed by atoms with Gasteiger partial charge in [-0.15, -0.1) is 0 Å². The number of benzene rings is 1. The lowest BCUT2D eigenvalue weighted by atomic mass is 10.1. The summed E-state index contributed by atoms with van der Waals surface area (Å²) in [6.07, 6.45) is 1.99. The first-order valence-corrected chi connectivity index (χ1v) is 7.75. The van der Waals surface area contributed by atoms with Crippen LogP contribution in [0.1, 0.15) is 26.2 Å². The first-order chi connectivity index (χ1) is 11.1. The van der Waals surface area contributed by atoms with Crippen LogP contribution < -0.4 is 20.7 Å². The van der Waals surface area contributed by atoms with Gasteiger partial charge in [0.05, 0.1) is 12.8 Å². The van der Waals surface area contributed by atoms with E-state index in [2.05, 4.69) is 16.0 Å². The average Bonchev–Trinajstić information content (AvgIpc) is 2.56. The van der Waals surface area contributed by atoms with E-state index in [0.29, 0.717) is 36.8 Å². The summed E-state index contributed by atoms with van der Waals surface area (Å²) in [7, 11) is 1.53. The molecular weight excluding hydrogens is 298 g/mol. The Balaban J connectivity index is 1.99. The number of methoxy groups -OCH3 is 1. The minimum Gasteiger partial charge on any atom is -0.495 e. The van der Waals surface area contributed by atoms with Crippen molar-refractivity contribution in [3.05, 3.63) is 18.2 Å². The summed E-state index contributed by atoms with van der Waals surface area (Å²) in [5.41, 5.74) is 1.12. The van der Waals surface area contributed by atoms with Gasteiger partial charge in [0.15, 0.2) is 0 Å². The molecule has 0 aliphatic carbocycles. The molecule has 1 fully saturated rings. The number of anilines is 2. The molecule has 1 aromatic rings. The maximum absolute atomic E-state index is 12.0. The molecule has 126 valence electrons. The van der Waals surface area contributed by atoms with Gasteiger partial charge in [0.25, 0.3) is 0 Å². The van der Waals surface area contributed by atoms with Crippen LogP contribution in [0.4, 0.5) is 16.2 Å². The molecule has 3 amide bonds. The number of nitrogens with one attached hydrogen (secondary N) is 3. The zero-order chi connectivity index (χ0) is 16.7. The lowest BCUT2D eigenvalue weighted by Gasteiger charge is -2.23. The van der Waals surface area contributed by atoms with Crippen LogP contribution in [0.15, 0.2) is 18.2 Å². The summed E-state index contributed by atoms with van der Waals surface area (Å²) in [5.74, 6) is 0.425. The monoisotopic (exact) mass is 321 g/mol. The van der Waals surface area contributed by atoms with Gasteiger partial charge in [-0.2, -0.15) is 0 Å². The van der Waals surface area contributed by atoms with Crippen LogP contribution in [0.2, 0.25) is 0 Å². The van der Waals surface area contributed by atoms with E-state index in [-0.39, 0.29) is 18.0 Å². The number of carbonyl (C=O) groups excluding carboxylic acids is 2. The fraction of sp³-hybridized carbons (Fsp3) is 0.500. The Bertz CT molecular complexity index is 556. The highest BCUT2D eigenvalue weighted by atomic mass is 16.5. The Morgan fingerprint density at radius 3 is 2.65 bits per heavy atom. The molecule has 7 nitrogen and oxygen atoms in total.